The largest absolute Gasteiger partial charge is 0.375 e. The first kappa shape index (κ1) is 20.3. The lowest BCUT2D eigenvalue weighted by molar-refractivity contribution is 0.853. The monoisotopic (exact) mass is 504 g/mol. The van der Waals surface area contributed by atoms with Gasteiger partial charge in [-0.2, -0.15) is 0 Å². The molecule has 3 aromatic heterocycles. The van der Waals surface area contributed by atoms with Crippen LogP contribution in [0, 0.1) is 4.77 Å². The number of hydrogen-bond donors (Lipinski definition) is 1. The third-order valence-corrected chi connectivity index (χ3v) is 7.13. The Bertz CT molecular complexity index is 1590. The summed E-state index contributed by atoms with van der Waals surface area (Å²) < 4.78 is 3.50. The Hall–Kier alpha value is -2.63. The molecule has 0 unspecified atom stereocenters. The number of fused-ring (bicyclic) bond motifs is 1. The molecular formula is C19H10Cl2N6OS3. The molecule has 3 heterocycles. The van der Waals surface area contributed by atoms with Crippen LogP contribution < -0.4 is 11.3 Å². The van der Waals surface area contributed by atoms with E-state index >= 15 is 0 Å². The first-order chi connectivity index (χ1) is 14.9. The number of thiazole rings is 1. The molecule has 0 spiro atoms. The summed E-state index contributed by atoms with van der Waals surface area (Å²) in [5.41, 5.74) is 7.20. The number of benzene rings is 2. The second-order valence-corrected chi connectivity index (χ2v) is 9.51. The van der Waals surface area contributed by atoms with Gasteiger partial charge in [0.1, 0.15) is 4.70 Å². The van der Waals surface area contributed by atoms with E-state index in [9.17, 15) is 4.79 Å². The molecule has 154 valence electrons. The normalized spacial score (nSPS) is 11.3. The van der Waals surface area contributed by atoms with E-state index in [2.05, 4.69) is 15.2 Å². The fourth-order valence-corrected chi connectivity index (χ4v) is 5.58. The van der Waals surface area contributed by atoms with E-state index in [1.807, 2.05) is 18.2 Å². The average Bonchev–Trinajstić information content (AvgIpc) is 3.36. The SMILES string of the molecule is Nc1nc2c(s1)c(=O)n(-c1cccc(Cl)c1)c(=S)n2-c1nnc(-c2ccccc2Cl)s1. The minimum absolute atomic E-state index is 0.173. The van der Waals surface area contributed by atoms with E-state index in [0.29, 0.717) is 36.2 Å². The predicted octanol–water partition coefficient (Wildman–Crippen LogP) is 5.37. The number of nitrogens with two attached hydrogens (primary N) is 1. The lowest BCUT2D eigenvalue weighted by atomic mass is 10.2. The summed E-state index contributed by atoms with van der Waals surface area (Å²) in [7, 11) is 0. The molecule has 0 bridgehead atoms. The van der Waals surface area contributed by atoms with Crippen LogP contribution in [0.5, 0.6) is 0 Å². The summed E-state index contributed by atoms with van der Waals surface area (Å²) in [5.74, 6) is 0. The van der Waals surface area contributed by atoms with Gasteiger partial charge in [0.25, 0.3) is 5.56 Å². The van der Waals surface area contributed by atoms with E-state index in [1.54, 1.807) is 34.9 Å². The fourth-order valence-electron chi connectivity index (χ4n) is 3.06. The van der Waals surface area contributed by atoms with Crippen molar-refractivity contribution >= 4 is 73.6 Å². The number of halogens is 2. The topological polar surface area (TPSA) is 91.6 Å². The Labute approximate surface area is 198 Å². The van der Waals surface area contributed by atoms with Crippen LogP contribution in [0.15, 0.2) is 53.3 Å². The molecular weight excluding hydrogens is 495 g/mol. The molecule has 0 aliphatic heterocycles. The van der Waals surface area contributed by atoms with E-state index in [4.69, 9.17) is 41.2 Å². The van der Waals surface area contributed by atoms with Crippen molar-refractivity contribution in [2.24, 2.45) is 0 Å². The average molecular weight is 505 g/mol. The molecule has 0 saturated heterocycles. The van der Waals surface area contributed by atoms with Gasteiger partial charge in [-0.3, -0.25) is 9.36 Å². The van der Waals surface area contributed by atoms with Crippen LogP contribution in [-0.4, -0.2) is 24.3 Å². The minimum atomic E-state index is -0.330. The second kappa shape index (κ2) is 7.81. The quantitative estimate of drug-likeness (QED) is 0.332. The Morgan fingerprint density at radius 1 is 1.00 bits per heavy atom. The van der Waals surface area contributed by atoms with Crippen molar-refractivity contribution in [3.63, 3.8) is 0 Å². The summed E-state index contributed by atoms with van der Waals surface area (Å²) in [6, 6.07) is 14.2. The van der Waals surface area contributed by atoms with Crippen LogP contribution >= 0.6 is 58.1 Å². The van der Waals surface area contributed by atoms with E-state index in [0.717, 1.165) is 16.9 Å². The van der Waals surface area contributed by atoms with Crippen molar-refractivity contribution in [2.45, 2.75) is 0 Å². The zero-order valence-electron chi connectivity index (χ0n) is 15.3. The van der Waals surface area contributed by atoms with Crippen molar-refractivity contribution in [3.8, 4) is 21.4 Å². The first-order valence-electron chi connectivity index (χ1n) is 8.73. The van der Waals surface area contributed by atoms with Gasteiger partial charge in [0.15, 0.2) is 20.6 Å². The van der Waals surface area contributed by atoms with Crippen molar-refractivity contribution < 1.29 is 0 Å². The standard InChI is InChI=1S/C19H10Cl2N6OS3/c20-9-4-3-5-10(8-9)26-16(28)13-14(23-17(22)30-13)27(19(26)29)18-25-24-15(31-18)11-6-1-2-7-12(11)21/h1-8H,(H2,22,23). The molecule has 0 aliphatic rings. The maximum atomic E-state index is 13.2. The van der Waals surface area contributed by atoms with Gasteiger partial charge in [-0.1, -0.05) is 70.1 Å². The smallest absolute Gasteiger partial charge is 0.278 e. The molecule has 5 rings (SSSR count). The maximum absolute atomic E-state index is 13.2. The number of anilines is 1. The Morgan fingerprint density at radius 3 is 2.58 bits per heavy atom. The Morgan fingerprint density at radius 2 is 1.81 bits per heavy atom. The highest BCUT2D eigenvalue weighted by molar-refractivity contribution is 7.71. The number of nitrogen functional groups attached to an aromatic ring is 1. The summed E-state index contributed by atoms with van der Waals surface area (Å²) in [5, 5.41) is 10.9. The highest BCUT2D eigenvalue weighted by atomic mass is 35.5. The van der Waals surface area contributed by atoms with Crippen LogP contribution in [-0.2, 0) is 0 Å². The van der Waals surface area contributed by atoms with Gasteiger partial charge in [-0.05, 0) is 36.5 Å². The molecule has 2 N–H and O–H groups in total. The molecule has 0 aliphatic carbocycles. The van der Waals surface area contributed by atoms with Gasteiger partial charge >= 0.3 is 0 Å². The van der Waals surface area contributed by atoms with Gasteiger partial charge < -0.3 is 5.73 Å². The number of aromatic nitrogens is 5. The second-order valence-electron chi connectivity index (χ2n) is 6.31. The Kier molecular flexibility index (Phi) is 5.11. The molecule has 0 radical (unpaired) electrons. The van der Waals surface area contributed by atoms with Crippen molar-refractivity contribution in [1.82, 2.24) is 24.3 Å². The predicted molar refractivity (Wildman–Crippen MR) is 129 cm³/mol. The summed E-state index contributed by atoms with van der Waals surface area (Å²) in [6.07, 6.45) is 0. The lowest BCUT2D eigenvalue weighted by Gasteiger charge is -2.11. The minimum Gasteiger partial charge on any atom is -0.375 e. The van der Waals surface area contributed by atoms with Crippen molar-refractivity contribution in [2.75, 3.05) is 5.73 Å². The summed E-state index contributed by atoms with van der Waals surface area (Å²) in [4.78, 5) is 17.6. The zero-order chi connectivity index (χ0) is 21.7. The van der Waals surface area contributed by atoms with Crippen LogP contribution in [0.3, 0.4) is 0 Å². The highest BCUT2D eigenvalue weighted by Crippen LogP contribution is 2.33. The highest BCUT2D eigenvalue weighted by Gasteiger charge is 2.20. The van der Waals surface area contributed by atoms with Crippen LogP contribution in [0.4, 0.5) is 5.13 Å². The molecule has 2 aromatic carbocycles. The van der Waals surface area contributed by atoms with Gasteiger partial charge in [0.2, 0.25) is 5.13 Å². The molecule has 31 heavy (non-hydrogen) atoms. The van der Waals surface area contributed by atoms with Crippen molar-refractivity contribution in [1.29, 1.82) is 0 Å². The first-order valence-corrected chi connectivity index (χ1v) is 11.5. The van der Waals surface area contributed by atoms with E-state index in [-0.39, 0.29) is 15.5 Å². The molecule has 0 atom stereocenters. The van der Waals surface area contributed by atoms with Gasteiger partial charge in [0.05, 0.1) is 10.7 Å². The van der Waals surface area contributed by atoms with Crippen molar-refractivity contribution in [3.05, 3.63) is 73.7 Å². The summed E-state index contributed by atoms with van der Waals surface area (Å²) >= 11 is 20.5. The third-order valence-electron chi connectivity index (χ3n) is 4.39. The third kappa shape index (κ3) is 3.46. The summed E-state index contributed by atoms with van der Waals surface area (Å²) in [6.45, 7) is 0. The van der Waals surface area contributed by atoms with E-state index in [1.165, 1.54) is 15.9 Å². The van der Waals surface area contributed by atoms with Gasteiger partial charge in [-0.15, -0.1) is 10.2 Å². The number of rotatable bonds is 3. The molecule has 12 heteroatoms. The van der Waals surface area contributed by atoms with Crippen LogP contribution in [0.1, 0.15) is 0 Å². The molecule has 0 saturated carbocycles. The number of hydrogen-bond acceptors (Lipinski definition) is 8. The molecule has 5 aromatic rings. The lowest BCUT2D eigenvalue weighted by Crippen LogP contribution is -2.23. The van der Waals surface area contributed by atoms with Gasteiger partial charge in [0, 0.05) is 10.6 Å². The van der Waals surface area contributed by atoms with Crippen LogP contribution in [0.2, 0.25) is 10.0 Å². The zero-order valence-corrected chi connectivity index (χ0v) is 19.3. The fraction of sp³-hybridized carbons (Fsp3) is 0. The molecule has 0 amide bonds. The Balaban J connectivity index is 1.81. The van der Waals surface area contributed by atoms with E-state index < -0.39 is 0 Å². The molecule has 7 nitrogen and oxygen atoms in total. The van der Waals surface area contributed by atoms with Crippen LogP contribution in [0.25, 0.3) is 31.7 Å². The maximum Gasteiger partial charge on any atom is 0.278 e. The number of nitrogens with zero attached hydrogens (tertiary/aromatic N) is 5. The van der Waals surface area contributed by atoms with Gasteiger partial charge in [-0.25, -0.2) is 9.55 Å². The molecule has 0 fully saturated rings.